The highest BCUT2D eigenvalue weighted by atomic mass is 32.1. The number of hydrogen-bond donors (Lipinski definition) is 2. The van der Waals surface area contributed by atoms with Crippen LogP contribution < -0.4 is 0 Å². The maximum atomic E-state index is 10.8. The summed E-state index contributed by atoms with van der Waals surface area (Å²) in [6.45, 7) is 3.22. The Hall–Kier alpha value is -0.910. The van der Waals surface area contributed by atoms with Gasteiger partial charge in [0.25, 0.3) is 0 Å². The van der Waals surface area contributed by atoms with Crippen molar-refractivity contribution in [2.24, 2.45) is 0 Å². The molecule has 0 amide bonds. The van der Waals surface area contributed by atoms with Gasteiger partial charge in [0, 0.05) is 17.8 Å². The van der Waals surface area contributed by atoms with Gasteiger partial charge in [-0.3, -0.25) is 9.69 Å². The molecule has 0 saturated heterocycles. The van der Waals surface area contributed by atoms with Crippen LogP contribution >= 0.6 is 11.3 Å². The Kier molecular flexibility index (Phi) is 6.93. The lowest BCUT2D eigenvalue weighted by Crippen LogP contribution is -2.37. The van der Waals surface area contributed by atoms with Crippen LogP contribution in [0.4, 0.5) is 0 Å². The summed E-state index contributed by atoms with van der Waals surface area (Å²) in [6.07, 6.45) is 2.08. The van der Waals surface area contributed by atoms with Gasteiger partial charge < -0.3 is 10.2 Å². The first-order chi connectivity index (χ1) is 8.61. The van der Waals surface area contributed by atoms with Gasteiger partial charge in [-0.2, -0.15) is 0 Å². The average molecular weight is 271 g/mol. The first-order valence-electron chi connectivity index (χ1n) is 6.26. The molecular weight excluding hydrogens is 250 g/mol. The summed E-state index contributed by atoms with van der Waals surface area (Å²) < 4.78 is 0. The van der Waals surface area contributed by atoms with E-state index in [1.807, 2.05) is 22.4 Å². The topological polar surface area (TPSA) is 60.8 Å². The molecule has 2 N–H and O–H groups in total. The maximum absolute atomic E-state index is 10.8. The van der Waals surface area contributed by atoms with Crippen LogP contribution in [-0.2, 0) is 11.2 Å². The van der Waals surface area contributed by atoms with E-state index in [4.69, 9.17) is 5.11 Å². The summed E-state index contributed by atoms with van der Waals surface area (Å²) in [7, 11) is 0. The largest absolute Gasteiger partial charge is 0.480 e. The van der Waals surface area contributed by atoms with Gasteiger partial charge in [-0.05, 0) is 24.4 Å². The van der Waals surface area contributed by atoms with Crippen molar-refractivity contribution in [1.82, 2.24) is 4.90 Å². The maximum Gasteiger partial charge on any atom is 0.317 e. The lowest BCUT2D eigenvalue weighted by atomic mass is 10.2. The summed E-state index contributed by atoms with van der Waals surface area (Å²) in [5.41, 5.74) is 0. The second kappa shape index (κ2) is 8.24. The van der Waals surface area contributed by atoms with Crippen molar-refractivity contribution in [1.29, 1.82) is 0 Å². The molecule has 1 aromatic heterocycles. The van der Waals surface area contributed by atoms with Crippen molar-refractivity contribution >= 4 is 17.3 Å². The molecule has 1 atom stereocenters. The van der Waals surface area contributed by atoms with Gasteiger partial charge >= 0.3 is 5.97 Å². The van der Waals surface area contributed by atoms with Crippen molar-refractivity contribution in [2.45, 2.75) is 32.3 Å². The summed E-state index contributed by atoms with van der Waals surface area (Å²) in [6, 6.07) is 3.94. The van der Waals surface area contributed by atoms with Crippen LogP contribution in [0, 0.1) is 0 Å². The zero-order valence-electron chi connectivity index (χ0n) is 10.7. The average Bonchev–Trinajstić information content (AvgIpc) is 2.77. The minimum absolute atomic E-state index is 0.00149. The van der Waals surface area contributed by atoms with Crippen molar-refractivity contribution in [3.05, 3.63) is 22.4 Å². The SMILES string of the molecule is CCCCN(CC(=O)O)CC(O)Cc1cccs1. The Labute approximate surface area is 112 Å². The third-order valence-corrected chi connectivity index (χ3v) is 3.57. The van der Waals surface area contributed by atoms with Crippen LogP contribution in [0.25, 0.3) is 0 Å². The lowest BCUT2D eigenvalue weighted by molar-refractivity contribution is -0.138. The number of carboxylic acids is 1. The number of hydrogen-bond acceptors (Lipinski definition) is 4. The Morgan fingerprint density at radius 3 is 2.89 bits per heavy atom. The molecule has 1 unspecified atom stereocenters. The number of rotatable bonds is 9. The van der Waals surface area contributed by atoms with Crippen LogP contribution in [0.5, 0.6) is 0 Å². The molecule has 4 nitrogen and oxygen atoms in total. The molecule has 0 aliphatic heterocycles. The quantitative estimate of drug-likeness (QED) is 0.719. The van der Waals surface area contributed by atoms with E-state index in [0.29, 0.717) is 13.0 Å². The van der Waals surface area contributed by atoms with Crippen molar-refractivity contribution in [3.8, 4) is 0 Å². The van der Waals surface area contributed by atoms with E-state index in [9.17, 15) is 9.90 Å². The van der Waals surface area contributed by atoms with Gasteiger partial charge in [0.15, 0.2) is 0 Å². The van der Waals surface area contributed by atoms with E-state index in [1.54, 1.807) is 11.3 Å². The highest BCUT2D eigenvalue weighted by Gasteiger charge is 2.15. The normalized spacial score (nSPS) is 12.8. The van der Waals surface area contributed by atoms with E-state index in [1.165, 1.54) is 0 Å². The van der Waals surface area contributed by atoms with E-state index in [0.717, 1.165) is 24.3 Å². The molecule has 102 valence electrons. The Morgan fingerprint density at radius 2 is 2.33 bits per heavy atom. The molecule has 0 saturated carbocycles. The third kappa shape index (κ3) is 6.14. The second-order valence-corrected chi connectivity index (χ2v) is 5.45. The minimum Gasteiger partial charge on any atom is -0.480 e. The molecule has 0 bridgehead atoms. The third-order valence-electron chi connectivity index (χ3n) is 2.67. The number of unbranched alkanes of at least 4 members (excludes halogenated alkanes) is 1. The molecule has 1 aromatic rings. The fourth-order valence-corrected chi connectivity index (χ4v) is 2.61. The van der Waals surface area contributed by atoms with Gasteiger partial charge in [0.2, 0.25) is 0 Å². The first kappa shape index (κ1) is 15.1. The van der Waals surface area contributed by atoms with Gasteiger partial charge in [0.1, 0.15) is 0 Å². The minimum atomic E-state index is -0.838. The van der Waals surface area contributed by atoms with Gasteiger partial charge in [-0.15, -0.1) is 11.3 Å². The summed E-state index contributed by atoms with van der Waals surface area (Å²) in [4.78, 5) is 13.7. The van der Waals surface area contributed by atoms with E-state index in [2.05, 4.69) is 6.92 Å². The van der Waals surface area contributed by atoms with Crippen LogP contribution in [0.1, 0.15) is 24.6 Å². The summed E-state index contributed by atoms with van der Waals surface area (Å²) in [5, 5.41) is 20.8. The van der Waals surface area contributed by atoms with E-state index >= 15 is 0 Å². The molecule has 0 fully saturated rings. The number of thiophene rings is 1. The summed E-state index contributed by atoms with van der Waals surface area (Å²) in [5.74, 6) is -0.838. The molecule has 0 radical (unpaired) electrons. The van der Waals surface area contributed by atoms with Crippen LogP contribution in [0.15, 0.2) is 17.5 Å². The monoisotopic (exact) mass is 271 g/mol. The van der Waals surface area contributed by atoms with Crippen LogP contribution in [0.2, 0.25) is 0 Å². The zero-order chi connectivity index (χ0) is 13.4. The second-order valence-electron chi connectivity index (χ2n) is 4.42. The smallest absolute Gasteiger partial charge is 0.317 e. The number of aliphatic carboxylic acids is 1. The van der Waals surface area contributed by atoms with Gasteiger partial charge in [-0.1, -0.05) is 19.4 Å². The lowest BCUT2D eigenvalue weighted by Gasteiger charge is -2.22. The van der Waals surface area contributed by atoms with Crippen LogP contribution in [-0.4, -0.2) is 46.8 Å². The summed E-state index contributed by atoms with van der Waals surface area (Å²) >= 11 is 1.62. The number of aliphatic hydroxyl groups is 1. The fraction of sp³-hybridized carbons (Fsp3) is 0.615. The molecule has 1 rings (SSSR count). The predicted octanol–water partition coefficient (Wildman–Crippen LogP) is 1.84. The molecule has 0 aromatic carbocycles. The number of carbonyl (C=O) groups is 1. The Morgan fingerprint density at radius 1 is 1.56 bits per heavy atom. The Bertz CT molecular complexity index is 340. The zero-order valence-corrected chi connectivity index (χ0v) is 11.5. The molecule has 1 heterocycles. The molecular formula is C13H21NO3S. The highest BCUT2D eigenvalue weighted by molar-refractivity contribution is 7.09. The number of aliphatic hydroxyl groups excluding tert-OH is 1. The fourth-order valence-electron chi connectivity index (χ4n) is 1.83. The Balaban J connectivity index is 2.40. The molecule has 0 spiro atoms. The molecule has 0 aliphatic rings. The molecule has 0 aliphatic carbocycles. The van der Waals surface area contributed by atoms with E-state index in [-0.39, 0.29) is 6.54 Å². The number of carboxylic acid groups (broad SMARTS) is 1. The van der Waals surface area contributed by atoms with Crippen molar-refractivity contribution in [2.75, 3.05) is 19.6 Å². The first-order valence-corrected chi connectivity index (χ1v) is 7.14. The molecule has 18 heavy (non-hydrogen) atoms. The van der Waals surface area contributed by atoms with Gasteiger partial charge in [0.05, 0.1) is 12.6 Å². The number of nitrogens with zero attached hydrogens (tertiary/aromatic N) is 1. The van der Waals surface area contributed by atoms with Gasteiger partial charge in [-0.25, -0.2) is 0 Å². The predicted molar refractivity (Wildman–Crippen MR) is 73.0 cm³/mol. The van der Waals surface area contributed by atoms with Crippen molar-refractivity contribution < 1.29 is 15.0 Å². The van der Waals surface area contributed by atoms with Crippen molar-refractivity contribution in [3.63, 3.8) is 0 Å². The van der Waals surface area contributed by atoms with E-state index < -0.39 is 12.1 Å². The molecule has 5 heteroatoms. The van der Waals surface area contributed by atoms with Crippen LogP contribution in [0.3, 0.4) is 0 Å². The standard InChI is InChI=1S/C13H21NO3S/c1-2-3-6-14(10-13(16)17)9-11(15)8-12-5-4-7-18-12/h4-5,7,11,15H,2-3,6,8-10H2,1H3,(H,16,17). The highest BCUT2D eigenvalue weighted by Crippen LogP contribution is 2.12.